The number of halogens is 2. The van der Waals surface area contributed by atoms with Crippen molar-refractivity contribution in [1.29, 1.82) is 0 Å². The van der Waals surface area contributed by atoms with Crippen LogP contribution in [0, 0.1) is 9.39 Å². The maximum Gasteiger partial charge on any atom is 0.174 e. The lowest BCUT2D eigenvalue weighted by Gasteiger charge is -2.14. The molecule has 3 aromatic rings. The highest BCUT2D eigenvalue weighted by molar-refractivity contribution is 14.1. The standard InChI is InChI=1S/C21H17FINO2/c1-25-20-12-15(13-24-17-8-3-2-4-9-17)11-19(23)21(20)26-14-16-7-5-6-10-18(16)22/h2-13H,14H2,1H3. The molecule has 0 saturated carbocycles. The van der Waals surface area contributed by atoms with Gasteiger partial charge in [0.1, 0.15) is 12.4 Å². The molecule has 0 radical (unpaired) electrons. The van der Waals surface area contributed by atoms with Crippen LogP contribution in [0.3, 0.4) is 0 Å². The first-order valence-electron chi connectivity index (χ1n) is 8.00. The molecule has 0 aliphatic heterocycles. The molecule has 0 atom stereocenters. The van der Waals surface area contributed by atoms with Crippen LogP contribution in [0.5, 0.6) is 11.5 Å². The highest BCUT2D eigenvalue weighted by Gasteiger charge is 2.12. The van der Waals surface area contributed by atoms with Gasteiger partial charge in [0, 0.05) is 11.8 Å². The highest BCUT2D eigenvalue weighted by Crippen LogP contribution is 2.34. The van der Waals surface area contributed by atoms with E-state index in [4.69, 9.17) is 9.47 Å². The SMILES string of the molecule is COc1cc(C=Nc2ccccc2)cc(I)c1OCc1ccccc1F. The third kappa shape index (κ3) is 4.60. The van der Waals surface area contributed by atoms with Crippen LogP contribution in [0.4, 0.5) is 10.1 Å². The van der Waals surface area contributed by atoms with Crippen molar-refractivity contribution in [2.45, 2.75) is 6.61 Å². The molecule has 0 aliphatic carbocycles. The zero-order valence-corrected chi connectivity index (χ0v) is 16.3. The molecular weight excluding hydrogens is 444 g/mol. The summed E-state index contributed by atoms with van der Waals surface area (Å²) in [6.07, 6.45) is 1.78. The molecule has 3 nitrogen and oxygen atoms in total. The van der Waals surface area contributed by atoms with E-state index in [1.807, 2.05) is 42.5 Å². The van der Waals surface area contributed by atoms with Gasteiger partial charge in [-0.3, -0.25) is 4.99 Å². The van der Waals surface area contributed by atoms with E-state index >= 15 is 0 Å². The quantitative estimate of drug-likeness (QED) is 0.345. The third-order valence-electron chi connectivity index (χ3n) is 3.70. The summed E-state index contributed by atoms with van der Waals surface area (Å²) in [6, 6.07) is 20.1. The van der Waals surface area contributed by atoms with Gasteiger partial charge < -0.3 is 9.47 Å². The van der Waals surface area contributed by atoms with Gasteiger partial charge in [-0.15, -0.1) is 0 Å². The number of aliphatic imine (C=N–C) groups is 1. The van der Waals surface area contributed by atoms with Crippen molar-refractivity contribution in [3.63, 3.8) is 0 Å². The Kier molecular flexibility index (Phi) is 6.22. The lowest BCUT2D eigenvalue weighted by Crippen LogP contribution is -2.02. The Hall–Kier alpha value is -2.41. The van der Waals surface area contributed by atoms with Crippen LogP contribution in [-0.4, -0.2) is 13.3 Å². The molecule has 0 saturated heterocycles. The van der Waals surface area contributed by atoms with E-state index in [0.29, 0.717) is 17.1 Å². The van der Waals surface area contributed by atoms with Crippen molar-refractivity contribution >= 4 is 34.5 Å². The fraction of sp³-hybridized carbons (Fsp3) is 0.0952. The van der Waals surface area contributed by atoms with E-state index < -0.39 is 0 Å². The van der Waals surface area contributed by atoms with Gasteiger partial charge in [0.25, 0.3) is 0 Å². The Morgan fingerprint density at radius 1 is 1.04 bits per heavy atom. The van der Waals surface area contributed by atoms with Crippen molar-refractivity contribution < 1.29 is 13.9 Å². The minimum Gasteiger partial charge on any atom is -0.493 e. The summed E-state index contributed by atoms with van der Waals surface area (Å²) in [4.78, 5) is 4.45. The Labute approximate surface area is 165 Å². The van der Waals surface area contributed by atoms with Gasteiger partial charge in [-0.2, -0.15) is 0 Å². The van der Waals surface area contributed by atoms with Gasteiger partial charge in [-0.05, 0) is 58.5 Å². The Morgan fingerprint density at radius 3 is 2.50 bits per heavy atom. The molecule has 0 bridgehead atoms. The number of nitrogens with zero attached hydrogens (tertiary/aromatic N) is 1. The fourth-order valence-electron chi connectivity index (χ4n) is 2.38. The van der Waals surface area contributed by atoms with Crippen LogP contribution < -0.4 is 9.47 Å². The van der Waals surface area contributed by atoms with E-state index in [0.717, 1.165) is 14.8 Å². The molecule has 0 heterocycles. The van der Waals surface area contributed by atoms with Crippen LogP contribution in [0.15, 0.2) is 71.7 Å². The number of rotatable bonds is 6. The molecule has 0 N–H and O–H groups in total. The third-order valence-corrected chi connectivity index (χ3v) is 4.50. The molecule has 0 spiro atoms. The first-order chi connectivity index (χ1) is 12.7. The molecule has 3 rings (SSSR count). The summed E-state index contributed by atoms with van der Waals surface area (Å²) < 4.78 is 25.9. The van der Waals surface area contributed by atoms with Gasteiger partial charge in [-0.25, -0.2) is 4.39 Å². The van der Waals surface area contributed by atoms with E-state index in [2.05, 4.69) is 27.6 Å². The number of methoxy groups -OCH3 is 1. The smallest absolute Gasteiger partial charge is 0.174 e. The second kappa shape index (κ2) is 8.80. The van der Waals surface area contributed by atoms with Gasteiger partial charge in [-0.1, -0.05) is 36.4 Å². The second-order valence-corrected chi connectivity index (χ2v) is 6.67. The minimum absolute atomic E-state index is 0.135. The summed E-state index contributed by atoms with van der Waals surface area (Å²) >= 11 is 2.18. The lowest BCUT2D eigenvalue weighted by molar-refractivity contribution is 0.277. The second-order valence-electron chi connectivity index (χ2n) is 5.51. The molecule has 0 amide bonds. The maximum absolute atomic E-state index is 13.8. The van der Waals surface area contributed by atoms with Crippen LogP contribution in [0.1, 0.15) is 11.1 Å². The van der Waals surface area contributed by atoms with E-state index in [1.165, 1.54) is 6.07 Å². The monoisotopic (exact) mass is 461 g/mol. The molecule has 26 heavy (non-hydrogen) atoms. The number of para-hydroxylation sites is 1. The van der Waals surface area contributed by atoms with Crippen LogP contribution in [-0.2, 0) is 6.61 Å². The normalized spacial score (nSPS) is 10.9. The van der Waals surface area contributed by atoms with Crippen molar-refractivity contribution in [2.24, 2.45) is 4.99 Å². The lowest BCUT2D eigenvalue weighted by atomic mass is 10.2. The van der Waals surface area contributed by atoms with Gasteiger partial charge >= 0.3 is 0 Å². The van der Waals surface area contributed by atoms with Crippen molar-refractivity contribution in [2.75, 3.05) is 7.11 Å². The first kappa shape index (κ1) is 18.4. The average molecular weight is 461 g/mol. The largest absolute Gasteiger partial charge is 0.493 e. The molecule has 0 aliphatic rings. The summed E-state index contributed by atoms with van der Waals surface area (Å²) in [6.45, 7) is 0.135. The number of benzene rings is 3. The van der Waals surface area contributed by atoms with E-state index in [1.54, 1.807) is 31.5 Å². The minimum atomic E-state index is -0.284. The number of hydrogen-bond donors (Lipinski definition) is 0. The topological polar surface area (TPSA) is 30.8 Å². The van der Waals surface area contributed by atoms with Gasteiger partial charge in [0.05, 0.1) is 16.4 Å². The average Bonchev–Trinajstić information content (AvgIpc) is 2.67. The summed E-state index contributed by atoms with van der Waals surface area (Å²) in [5.41, 5.74) is 2.27. The molecular formula is C21H17FINO2. The molecule has 132 valence electrons. The molecule has 5 heteroatoms. The number of hydrogen-bond acceptors (Lipinski definition) is 3. The maximum atomic E-state index is 13.8. The fourth-order valence-corrected chi connectivity index (χ4v) is 3.16. The predicted molar refractivity (Wildman–Crippen MR) is 110 cm³/mol. The molecule has 0 unspecified atom stereocenters. The summed E-state index contributed by atoms with van der Waals surface area (Å²) in [7, 11) is 1.58. The Balaban J connectivity index is 1.81. The van der Waals surface area contributed by atoms with Gasteiger partial charge in [0.2, 0.25) is 0 Å². The van der Waals surface area contributed by atoms with Crippen molar-refractivity contribution in [1.82, 2.24) is 0 Å². The highest BCUT2D eigenvalue weighted by atomic mass is 127. The zero-order chi connectivity index (χ0) is 18.4. The van der Waals surface area contributed by atoms with Gasteiger partial charge in [0.15, 0.2) is 11.5 Å². The zero-order valence-electron chi connectivity index (χ0n) is 14.2. The molecule has 0 fully saturated rings. The van der Waals surface area contributed by atoms with E-state index in [9.17, 15) is 4.39 Å². The predicted octanol–water partition coefficient (Wildman–Crippen LogP) is 5.77. The Bertz CT molecular complexity index is 913. The Morgan fingerprint density at radius 2 is 1.77 bits per heavy atom. The number of ether oxygens (including phenoxy) is 2. The van der Waals surface area contributed by atoms with Crippen LogP contribution in [0.25, 0.3) is 0 Å². The van der Waals surface area contributed by atoms with Crippen molar-refractivity contribution in [3.05, 3.63) is 87.2 Å². The van der Waals surface area contributed by atoms with E-state index in [-0.39, 0.29) is 12.4 Å². The van der Waals surface area contributed by atoms with Crippen molar-refractivity contribution in [3.8, 4) is 11.5 Å². The first-order valence-corrected chi connectivity index (χ1v) is 9.08. The molecule has 3 aromatic carbocycles. The molecule has 0 aromatic heterocycles. The summed E-state index contributed by atoms with van der Waals surface area (Å²) in [5.74, 6) is 0.893. The summed E-state index contributed by atoms with van der Waals surface area (Å²) in [5, 5.41) is 0. The van der Waals surface area contributed by atoms with Crippen LogP contribution >= 0.6 is 22.6 Å². The van der Waals surface area contributed by atoms with Crippen LogP contribution in [0.2, 0.25) is 0 Å².